The zero-order chi connectivity index (χ0) is 15.0. The zero-order valence-electron chi connectivity index (χ0n) is 11.4. The summed E-state index contributed by atoms with van der Waals surface area (Å²) in [5.41, 5.74) is 3.46. The molecule has 106 valence electrons. The second kappa shape index (κ2) is 5.90. The van der Waals surface area contributed by atoms with E-state index in [0.717, 1.165) is 15.4 Å². The first kappa shape index (κ1) is 14.7. The molecule has 0 aliphatic heterocycles. The first-order valence-corrected chi connectivity index (χ1v) is 8.36. The van der Waals surface area contributed by atoms with Crippen LogP contribution in [0, 0.1) is 12.7 Å². The Hall–Kier alpha value is -1.19. The Morgan fingerprint density at radius 3 is 2.29 bits per heavy atom. The Balaban J connectivity index is 2.18. The summed E-state index contributed by atoms with van der Waals surface area (Å²) in [5, 5.41) is 1.61. The molecule has 21 heavy (non-hydrogen) atoms. The van der Waals surface area contributed by atoms with Crippen molar-refractivity contribution < 1.29 is 4.39 Å². The van der Waals surface area contributed by atoms with E-state index < -0.39 is 0 Å². The fourth-order valence-corrected chi connectivity index (χ4v) is 3.99. The van der Waals surface area contributed by atoms with Gasteiger partial charge in [-0.25, -0.2) is 4.39 Å². The van der Waals surface area contributed by atoms with Gasteiger partial charge in [-0.2, -0.15) is 0 Å². The molecule has 3 aromatic rings. The van der Waals surface area contributed by atoms with Gasteiger partial charge in [-0.05, 0) is 47.2 Å². The summed E-state index contributed by atoms with van der Waals surface area (Å²) >= 11 is 7.26. The molecule has 0 saturated carbocycles. The summed E-state index contributed by atoms with van der Waals surface area (Å²) in [7, 11) is 0. The van der Waals surface area contributed by atoms with Crippen LogP contribution in [0.4, 0.5) is 4.39 Å². The predicted octanol–water partition coefficient (Wildman–Crippen LogP) is 6.53. The standard InChI is InChI=1S/C18H13Br2F/c1-11-10-12(19)6-7-13(11)18(20)16-8-9-17(21)15-5-3-2-4-14(15)16/h2-10,18H,1H3. The van der Waals surface area contributed by atoms with Crippen LogP contribution in [0.15, 0.2) is 59.1 Å². The largest absolute Gasteiger partial charge is 0.206 e. The van der Waals surface area contributed by atoms with Gasteiger partial charge in [0, 0.05) is 9.86 Å². The van der Waals surface area contributed by atoms with Crippen LogP contribution >= 0.6 is 31.9 Å². The van der Waals surface area contributed by atoms with Crippen molar-refractivity contribution in [3.8, 4) is 0 Å². The number of halogens is 3. The molecule has 0 aromatic heterocycles. The lowest BCUT2D eigenvalue weighted by Crippen LogP contribution is -1.98. The van der Waals surface area contributed by atoms with Gasteiger partial charge in [-0.1, -0.05) is 68.3 Å². The maximum atomic E-state index is 13.9. The van der Waals surface area contributed by atoms with E-state index in [4.69, 9.17) is 0 Å². The van der Waals surface area contributed by atoms with Crippen molar-refractivity contribution in [2.45, 2.75) is 11.8 Å². The van der Waals surface area contributed by atoms with Crippen LogP contribution in [0.5, 0.6) is 0 Å². The van der Waals surface area contributed by atoms with Crippen molar-refractivity contribution in [3.63, 3.8) is 0 Å². The number of fused-ring (bicyclic) bond motifs is 1. The van der Waals surface area contributed by atoms with E-state index >= 15 is 0 Å². The number of aryl methyl sites for hydroxylation is 1. The molecule has 0 bridgehead atoms. The van der Waals surface area contributed by atoms with Crippen molar-refractivity contribution in [3.05, 3.63) is 81.6 Å². The molecule has 3 rings (SSSR count). The fraction of sp³-hybridized carbons (Fsp3) is 0.111. The van der Waals surface area contributed by atoms with Crippen molar-refractivity contribution >= 4 is 42.6 Å². The molecule has 0 fully saturated rings. The van der Waals surface area contributed by atoms with Crippen LogP contribution in [-0.2, 0) is 0 Å². The zero-order valence-corrected chi connectivity index (χ0v) is 14.6. The maximum Gasteiger partial charge on any atom is 0.131 e. The van der Waals surface area contributed by atoms with Gasteiger partial charge < -0.3 is 0 Å². The van der Waals surface area contributed by atoms with E-state index in [1.165, 1.54) is 11.1 Å². The molecule has 0 aliphatic rings. The molecule has 0 nitrogen and oxygen atoms in total. The van der Waals surface area contributed by atoms with Gasteiger partial charge in [0.2, 0.25) is 0 Å². The maximum absolute atomic E-state index is 13.9. The molecule has 0 spiro atoms. The van der Waals surface area contributed by atoms with Gasteiger partial charge in [-0.15, -0.1) is 0 Å². The number of benzene rings is 3. The molecule has 3 aromatic carbocycles. The summed E-state index contributed by atoms with van der Waals surface area (Å²) in [6, 6.07) is 17.2. The predicted molar refractivity (Wildman–Crippen MR) is 93.6 cm³/mol. The highest BCUT2D eigenvalue weighted by Crippen LogP contribution is 2.38. The third kappa shape index (κ3) is 2.77. The van der Waals surface area contributed by atoms with Crippen LogP contribution in [0.1, 0.15) is 21.5 Å². The molecule has 0 saturated heterocycles. The average Bonchev–Trinajstić information content (AvgIpc) is 2.47. The minimum absolute atomic E-state index is 0.0381. The summed E-state index contributed by atoms with van der Waals surface area (Å²) in [6.07, 6.45) is 0. The van der Waals surface area contributed by atoms with Crippen molar-refractivity contribution in [2.75, 3.05) is 0 Å². The number of hydrogen-bond acceptors (Lipinski definition) is 0. The lowest BCUT2D eigenvalue weighted by molar-refractivity contribution is 0.639. The average molecular weight is 408 g/mol. The lowest BCUT2D eigenvalue weighted by Gasteiger charge is -2.16. The second-order valence-electron chi connectivity index (χ2n) is 5.05. The molecule has 0 amide bonds. The van der Waals surface area contributed by atoms with Gasteiger partial charge >= 0.3 is 0 Å². The van der Waals surface area contributed by atoms with Crippen LogP contribution in [0.3, 0.4) is 0 Å². The number of alkyl halides is 1. The lowest BCUT2D eigenvalue weighted by atomic mass is 9.96. The van der Waals surface area contributed by atoms with E-state index in [9.17, 15) is 4.39 Å². The van der Waals surface area contributed by atoms with Gasteiger partial charge in [0.1, 0.15) is 5.82 Å². The molecule has 0 N–H and O–H groups in total. The number of hydrogen-bond donors (Lipinski definition) is 0. The quantitative estimate of drug-likeness (QED) is 0.423. The Bertz CT molecular complexity index is 811. The summed E-state index contributed by atoms with van der Waals surface area (Å²) in [4.78, 5) is 0.0381. The monoisotopic (exact) mass is 406 g/mol. The topological polar surface area (TPSA) is 0 Å². The summed E-state index contributed by atoms with van der Waals surface area (Å²) < 4.78 is 15.0. The van der Waals surface area contributed by atoms with Crippen LogP contribution in [0.25, 0.3) is 10.8 Å². The molecule has 1 unspecified atom stereocenters. The fourth-order valence-electron chi connectivity index (χ4n) is 2.60. The molecular weight excluding hydrogens is 395 g/mol. The van der Waals surface area contributed by atoms with E-state index in [2.05, 4.69) is 50.9 Å². The summed E-state index contributed by atoms with van der Waals surface area (Å²) in [5.74, 6) is -0.179. The van der Waals surface area contributed by atoms with Crippen molar-refractivity contribution in [1.82, 2.24) is 0 Å². The first-order valence-electron chi connectivity index (χ1n) is 6.65. The Morgan fingerprint density at radius 1 is 0.905 bits per heavy atom. The molecule has 3 heteroatoms. The van der Waals surface area contributed by atoms with Gasteiger partial charge in [0.05, 0.1) is 4.83 Å². The number of rotatable bonds is 2. The normalized spacial score (nSPS) is 12.6. The highest BCUT2D eigenvalue weighted by molar-refractivity contribution is 9.10. The minimum atomic E-state index is -0.179. The van der Waals surface area contributed by atoms with Crippen molar-refractivity contribution in [2.24, 2.45) is 0 Å². The van der Waals surface area contributed by atoms with E-state index in [1.807, 2.05) is 36.4 Å². The van der Waals surface area contributed by atoms with Gasteiger partial charge in [-0.3, -0.25) is 0 Å². The molecular formula is C18H13Br2F. The van der Waals surface area contributed by atoms with Crippen LogP contribution in [-0.4, -0.2) is 0 Å². The SMILES string of the molecule is Cc1cc(Br)ccc1C(Br)c1ccc(F)c2ccccc12. The second-order valence-corrected chi connectivity index (χ2v) is 6.88. The van der Waals surface area contributed by atoms with Crippen LogP contribution in [0.2, 0.25) is 0 Å². The van der Waals surface area contributed by atoms with Gasteiger partial charge in [0.15, 0.2) is 0 Å². The van der Waals surface area contributed by atoms with E-state index in [0.29, 0.717) is 5.39 Å². The smallest absolute Gasteiger partial charge is 0.131 e. The highest BCUT2D eigenvalue weighted by atomic mass is 79.9. The third-order valence-electron chi connectivity index (χ3n) is 3.68. The van der Waals surface area contributed by atoms with Crippen LogP contribution < -0.4 is 0 Å². The minimum Gasteiger partial charge on any atom is -0.206 e. The van der Waals surface area contributed by atoms with Gasteiger partial charge in [0.25, 0.3) is 0 Å². The Kier molecular flexibility index (Phi) is 4.14. The Labute approximate surface area is 140 Å². The third-order valence-corrected chi connectivity index (χ3v) is 5.16. The molecule has 0 radical (unpaired) electrons. The highest BCUT2D eigenvalue weighted by Gasteiger charge is 2.16. The Morgan fingerprint density at radius 2 is 1.57 bits per heavy atom. The van der Waals surface area contributed by atoms with E-state index in [1.54, 1.807) is 6.07 Å². The molecule has 0 heterocycles. The van der Waals surface area contributed by atoms with Crippen molar-refractivity contribution in [1.29, 1.82) is 0 Å². The molecule has 0 aliphatic carbocycles. The van der Waals surface area contributed by atoms with E-state index in [-0.39, 0.29) is 10.6 Å². The summed E-state index contributed by atoms with van der Waals surface area (Å²) in [6.45, 7) is 2.08. The first-order chi connectivity index (χ1) is 10.1. The molecule has 1 atom stereocenters.